The highest BCUT2D eigenvalue weighted by atomic mass is 16.4. The zero-order valence-corrected chi connectivity index (χ0v) is 12.8. The molecular formula is C15H29NO3. The molecule has 0 radical (unpaired) electrons. The first-order valence-corrected chi connectivity index (χ1v) is 7.34. The lowest BCUT2D eigenvalue weighted by Gasteiger charge is -2.43. The SMILES string of the molecule is CCCC/C=C/C(O)C[N+](CC)(CC)C(C)C(=O)[O-]. The minimum absolute atomic E-state index is 0.349. The monoisotopic (exact) mass is 271 g/mol. The number of aliphatic hydroxyl groups is 1. The summed E-state index contributed by atoms with van der Waals surface area (Å²) in [5.74, 6) is -1.05. The van der Waals surface area contributed by atoms with Gasteiger partial charge in [-0.05, 0) is 27.2 Å². The first-order valence-electron chi connectivity index (χ1n) is 7.34. The van der Waals surface area contributed by atoms with E-state index in [0.717, 1.165) is 19.3 Å². The minimum Gasteiger partial charge on any atom is -0.544 e. The van der Waals surface area contributed by atoms with E-state index in [4.69, 9.17) is 0 Å². The molecule has 0 rings (SSSR count). The van der Waals surface area contributed by atoms with Crippen LogP contribution in [0.3, 0.4) is 0 Å². The molecule has 0 amide bonds. The lowest BCUT2D eigenvalue weighted by molar-refractivity contribution is -0.942. The molecule has 0 heterocycles. The van der Waals surface area contributed by atoms with Gasteiger partial charge in [-0.3, -0.25) is 0 Å². The molecule has 4 nitrogen and oxygen atoms in total. The minimum atomic E-state index is -1.05. The molecule has 0 saturated heterocycles. The first kappa shape index (κ1) is 18.1. The predicted octanol–water partition coefficient (Wildman–Crippen LogP) is 1.09. The molecule has 2 atom stereocenters. The Morgan fingerprint density at radius 1 is 1.32 bits per heavy atom. The smallest absolute Gasteiger partial charge is 0.126 e. The van der Waals surface area contributed by atoms with Crippen molar-refractivity contribution in [1.82, 2.24) is 0 Å². The van der Waals surface area contributed by atoms with Crippen molar-refractivity contribution in [3.05, 3.63) is 12.2 Å². The fraction of sp³-hybridized carbons (Fsp3) is 0.800. The molecule has 112 valence electrons. The number of carboxylic acid groups (broad SMARTS) is 1. The van der Waals surface area contributed by atoms with Crippen molar-refractivity contribution >= 4 is 5.97 Å². The number of nitrogens with zero attached hydrogens (tertiary/aromatic N) is 1. The summed E-state index contributed by atoms with van der Waals surface area (Å²) >= 11 is 0. The summed E-state index contributed by atoms with van der Waals surface area (Å²) in [7, 11) is 0. The molecule has 0 aliphatic heterocycles. The molecule has 4 heteroatoms. The predicted molar refractivity (Wildman–Crippen MR) is 75.4 cm³/mol. The lowest BCUT2D eigenvalue weighted by Crippen LogP contribution is -2.62. The van der Waals surface area contributed by atoms with Crippen LogP contribution in [0.4, 0.5) is 0 Å². The van der Waals surface area contributed by atoms with E-state index in [9.17, 15) is 15.0 Å². The van der Waals surface area contributed by atoms with Crippen LogP contribution >= 0.6 is 0 Å². The van der Waals surface area contributed by atoms with Crippen molar-refractivity contribution in [3.63, 3.8) is 0 Å². The fourth-order valence-corrected chi connectivity index (χ4v) is 2.42. The highest BCUT2D eigenvalue weighted by Crippen LogP contribution is 2.15. The van der Waals surface area contributed by atoms with Crippen LogP contribution in [0.5, 0.6) is 0 Å². The van der Waals surface area contributed by atoms with Gasteiger partial charge in [-0.1, -0.05) is 31.9 Å². The van der Waals surface area contributed by atoms with Crippen LogP contribution in [0.25, 0.3) is 0 Å². The summed E-state index contributed by atoms with van der Waals surface area (Å²) in [5, 5.41) is 21.2. The third kappa shape index (κ3) is 5.74. The number of aliphatic carboxylic acids is 1. The van der Waals surface area contributed by atoms with E-state index in [2.05, 4.69) is 6.92 Å². The van der Waals surface area contributed by atoms with Crippen molar-refractivity contribution in [2.75, 3.05) is 19.6 Å². The van der Waals surface area contributed by atoms with Crippen LogP contribution in [0, 0.1) is 0 Å². The van der Waals surface area contributed by atoms with E-state index >= 15 is 0 Å². The van der Waals surface area contributed by atoms with Crippen molar-refractivity contribution in [1.29, 1.82) is 0 Å². The number of rotatable bonds is 10. The van der Waals surface area contributed by atoms with Gasteiger partial charge in [0.25, 0.3) is 0 Å². The zero-order valence-electron chi connectivity index (χ0n) is 12.8. The van der Waals surface area contributed by atoms with E-state index in [1.165, 1.54) is 0 Å². The number of aliphatic hydroxyl groups excluding tert-OH is 1. The Morgan fingerprint density at radius 2 is 1.89 bits per heavy atom. The van der Waals surface area contributed by atoms with Gasteiger partial charge in [0.1, 0.15) is 18.7 Å². The Labute approximate surface area is 117 Å². The quantitative estimate of drug-likeness (QED) is 0.367. The van der Waals surface area contributed by atoms with Crippen LogP contribution in [-0.4, -0.2) is 47.3 Å². The van der Waals surface area contributed by atoms with Crippen LogP contribution in [0.15, 0.2) is 12.2 Å². The molecule has 0 aliphatic carbocycles. The molecule has 1 N–H and O–H groups in total. The number of likely N-dealkylation sites (N-methyl/N-ethyl adjacent to an activating group) is 1. The number of unbranched alkanes of at least 4 members (excludes halogenated alkanes) is 2. The first-order chi connectivity index (χ1) is 8.93. The van der Waals surface area contributed by atoms with Crippen molar-refractivity contribution in [3.8, 4) is 0 Å². The van der Waals surface area contributed by atoms with Gasteiger partial charge >= 0.3 is 0 Å². The highest BCUT2D eigenvalue weighted by molar-refractivity contribution is 5.69. The van der Waals surface area contributed by atoms with Crippen molar-refractivity contribution in [2.45, 2.75) is 59.1 Å². The highest BCUT2D eigenvalue weighted by Gasteiger charge is 2.33. The average molecular weight is 271 g/mol. The van der Waals surface area contributed by atoms with Gasteiger partial charge in [-0.25, -0.2) is 0 Å². The van der Waals surface area contributed by atoms with Gasteiger partial charge in [0, 0.05) is 0 Å². The van der Waals surface area contributed by atoms with Gasteiger partial charge in [0.2, 0.25) is 0 Å². The van der Waals surface area contributed by atoms with Gasteiger partial charge in [-0.2, -0.15) is 0 Å². The van der Waals surface area contributed by atoms with Crippen LogP contribution in [0.2, 0.25) is 0 Å². The Kier molecular flexibility index (Phi) is 8.68. The molecule has 0 aliphatic rings. The van der Waals surface area contributed by atoms with Crippen molar-refractivity contribution in [2.24, 2.45) is 0 Å². The van der Waals surface area contributed by atoms with Crippen LogP contribution < -0.4 is 5.11 Å². The zero-order chi connectivity index (χ0) is 14.9. The molecule has 0 fully saturated rings. The molecule has 0 aromatic rings. The van der Waals surface area contributed by atoms with Crippen LogP contribution in [-0.2, 0) is 4.79 Å². The molecule has 0 saturated carbocycles. The molecular weight excluding hydrogens is 242 g/mol. The molecule has 19 heavy (non-hydrogen) atoms. The number of carboxylic acids is 1. The summed E-state index contributed by atoms with van der Waals surface area (Å²) in [5.41, 5.74) is 0. The molecule has 0 aromatic heterocycles. The Morgan fingerprint density at radius 3 is 2.32 bits per heavy atom. The lowest BCUT2D eigenvalue weighted by atomic mass is 10.1. The Bertz CT molecular complexity index is 285. The molecule has 0 bridgehead atoms. The number of carbonyl (C=O) groups is 1. The molecule has 0 aromatic carbocycles. The molecule has 2 unspecified atom stereocenters. The van der Waals surface area contributed by atoms with E-state index in [0.29, 0.717) is 24.1 Å². The number of allylic oxidation sites excluding steroid dienone is 1. The second kappa shape index (κ2) is 9.10. The fourth-order valence-electron chi connectivity index (χ4n) is 2.42. The van der Waals surface area contributed by atoms with E-state index in [1.54, 1.807) is 13.0 Å². The standard InChI is InChI=1S/C15H29NO3/c1-5-8-9-10-11-14(17)12-16(6-2,7-3)13(4)15(18)19/h10-11,13-14,17H,5-9,12H2,1-4H3/b11-10+. The summed E-state index contributed by atoms with van der Waals surface area (Å²) < 4.78 is 0.349. The van der Waals surface area contributed by atoms with Crippen molar-refractivity contribution < 1.29 is 19.5 Å². The largest absolute Gasteiger partial charge is 0.544 e. The van der Waals surface area contributed by atoms with E-state index < -0.39 is 18.1 Å². The topological polar surface area (TPSA) is 60.4 Å². The maximum absolute atomic E-state index is 11.1. The third-order valence-electron chi connectivity index (χ3n) is 4.06. The maximum atomic E-state index is 11.1. The van der Waals surface area contributed by atoms with Crippen LogP contribution in [0.1, 0.15) is 47.0 Å². The average Bonchev–Trinajstić information content (AvgIpc) is 2.40. The van der Waals surface area contributed by atoms with E-state index in [1.807, 2.05) is 19.9 Å². The second-order valence-electron chi connectivity index (χ2n) is 5.17. The summed E-state index contributed by atoms with van der Waals surface area (Å²) in [6.45, 7) is 9.46. The maximum Gasteiger partial charge on any atom is 0.126 e. The summed E-state index contributed by atoms with van der Waals surface area (Å²) in [6, 6.07) is -0.603. The van der Waals surface area contributed by atoms with Gasteiger partial charge in [-0.15, -0.1) is 0 Å². The third-order valence-corrected chi connectivity index (χ3v) is 4.06. The van der Waals surface area contributed by atoms with Gasteiger partial charge < -0.3 is 19.5 Å². The Balaban J connectivity index is 4.65. The second-order valence-corrected chi connectivity index (χ2v) is 5.17. The van der Waals surface area contributed by atoms with Gasteiger partial charge in [0.05, 0.1) is 19.1 Å². The molecule has 0 spiro atoms. The van der Waals surface area contributed by atoms with E-state index in [-0.39, 0.29) is 0 Å². The summed E-state index contributed by atoms with van der Waals surface area (Å²) in [6.07, 6.45) is 6.38. The number of carbonyl (C=O) groups excluding carboxylic acids is 1. The number of hydrogen-bond donors (Lipinski definition) is 1. The Hall–Kier alpha value is -0.870. The summed E-state index contributed by atoms with van der Waals surface area (Å²) in [4.78, 5) is 11.1. The number of quaternary nitrogens is 1. The normalized spacial score (nSPS) is 15.6. The van der Waals surface area contributed by atoms with Gasteiger partial charge in [0.15, 0.2) is 0 Å². The number of hydrogen-bond acceptors (Lipinski definition) is 3.